The first-order chi connectivity index (χ1) is 7.27. The molecule has 0 spiro atoms. The van der Waals surface area contributed by atoms with Crippen LogP contribution in [-0.4, -0.2) is 22.2 Å². The third kappa shape index (κ3) is 7.19. The molecule has 94 valence electrons. The maximum atomic E-state index is 13.5. The minimum absolute atomic E-state index is 0.0457. The molecule has 0 aromatic carbocycles. The zero-order valence-electron chi connectivity index (χ0n) is 10.3. The molecule has 0 aliphatic heterocycles. The number of carbonyl (C=O) groups is 1. The van der Waals surface area contributed by atoms with Crippen molar-refractivity contribution in [3.8, 4) is 0 Å². The Bertz CT molecular complexity index is 256. The van der Waals surface area contributed by atoms with Crippen molar-refractivity contribution in [1.82, 2.24) is 0 Å². The van der Waals surface area contributed by atoms with E-state index in [1.165, 1.54) is 6.08 Å². The summed E-state index contributed by atoms with van der Waals surface area (Å²) in [6.07, 6.45) is 2.93. The molecule has 0 aliphatic rings. The van der Waals surface area contributed by atoms with E-state index < -0.39 is 5.67 Å². The Morgan fingerprint density at radius 3 is 2.56 bits per heavy atom. The van der Waals surface area contributed by atoms with E-state index in [4.69, 9.17) is 4.74 Å². The maximum Gasteiger partial charge on any atom is 0.330 e. The lowest BCUT2D eigenvalue weighted by atomic mass is 10.0. The predicted octanol–water partition coefficient (Wildman–Crippen LogP) is 3.83. The maximum absolute atomic E-state index is 13.5. The van der Waals surface area contributed by atoms with Crippen LogP contribution in [0.5, 0.6) is 0 Å². The SMILES string of the molecule is CCOC(=O)/C=C(\C)CCC(I)C(C)(C)F. The second kappa shape index (κ2) is 7.25. The Balaban J connectivity index is 4.07. The fraction of sp³-hybridized carbons (Fsp3) is 0.750. The van der Waals surface area contributed by atoms with Gasteiger partial charge >= 0.3 is 5.97 Å². The average molecular weight is 342 g/mol. The summed E-state index contributed by atoms with van der Waals surface area (Å²) in [4.78, 5) is 11.1. The smallest absolute Gasteiger partial charge is 0.330 e. The van der Waals surface area contributed by atoms with Crippen molar-refractivity contribution >= 4 is 28.6 Å². The van der Waals surface area contributed by atoms with Gasteiger partial charge < -0.3 is 4.74 Å². The number of carbonyl (C=O) groups excluding carboxylic acids is 1. The lowest BCUT2D eigenvalue weighted by Gasteiger charge is -2.21. The monoisotopic (exact) mass is 342 g/mol. The highest BCUT2D eigenvalue weighted by Crippen LogP contribution is 2.27. The molecular weight excluding hydrogens is 322 g/mol. The van der Waals surface area contributed by atoms with E-state index in [0.29, 0.717) is 6.61 Å². The van der Waals surface area contributed by atoms with Crippen LogP contribution in [-0.2, 0) is 9.53 Å². The first kappa shape index (κ1) is 15.9. The molecule has 0 amide bonds. The molecule has 0 N–H and O–H groups in total. The van der Waals surface area contributed by atoms with E-state index in [1.54, 1.807) is 20.8 Å². The van der Waals surface area contributed by atoms with Gasteiger partial charge in [-0.1, -0.05) is 28.2 Å². The van der Waals surface area contributed by atoms with Gasteiger partial charge in [-0.2, -0.15) is 0 Å². The highest BCUT2D eigenvalue weighted by atomic mass is 127. The van der Waals surface area contributed by atoms with Gasteiger partial charge in [-0.15, -0.1) is 0 Å². The third-order valence-electron chi connectivity index (χ3n) is 2.19. The molecule has 0 heterocycles. The van der Waals surface area contributed by atoms with Crippen LogP contribution in [0.4, 0.5) is 4.39 Å². The van der Waals surface area contributed by atoms with Gasteiger partial charge in [0.15, 0.2) is 0 Å². The molecule has 0 fully saturated rings. The number of hydrogen-bond acceptors (Lipinski definition) is 2. The second-order valence-corrected chi connectivity index (χ2v) is 5.82. The predicted molar refractivity (Wildman–Crippen MR) is 72.6 cm³/mol. The molecule has 1 unspecified atom stereocenters. The van der Waals surface area contributed by atoms with E-state index in [2.05, 4.69) is 22.6 Å². The summed E-state index contributed by atoms with van der Waals surface area (Å²) in [6, 6.07) is 0. The first-order valence-corrected chi connectivity index (χ1v) is 6.68. The Labute approximate surface area is 111 Å². The molecular formula is C12H20FIO2. The van der Waals surface area contributed by atoms with Crippen LogP contribution in [0.3, 0.4) is 0 Å². The Hall–Kier alpha value is -0.130. The van der Waals surface area contributed by atoms with E-state index in [0.717, 1.165) is 18.4 Å². The normalized spacial score (nSPS) is 14.8. The number of hydrogen-bond donors (Lipinski definition) is 0. The number of halogens is 2. The molecule has 0 rings (SSSR count). The summed E-state index contributed by atoms with van der Waals surface area (Å²) in [6.45, 7) is 7.18. The van der Waals surface area contributed by atoms with Crippen LogP contribution in [0.25, 0.3) is 0 Å². The largest absolute Gasteiger partial charge is 0.463 e. The lowest BCUT2D eigenvalue weighted by molar-refractivity contribution is -0.137. The summed E-state index contributed by atoms with van der Waals surface area (Å²) in [5.74, 6) is -0.315. The van der Waals surface area contributed by atoms with Crippen molar-refractivity contribution in [2.75, 3.05) is 6.61 Å². The van der Waals surface area contributed by atoms with Crippen molar-refractivity contribution in [1.29, 1.82) is 0 Å². The van der Waals surface area contributed by atoms with Gasteiger partial charge in [0.05, 0.1) is 6.61 Å². The number of esters is 1. The molecule has 0 radical (unpaired) electrons. The van der Waals surface area contributed by atoms with E-state index in [9.17, 15) is 9.18 Å². The average Bonchev–Trinajstić information content (AvgIpc) is 2.12. The van der Waals surface area contributed by atoms with E-state index >= 15 is 0 Å². The zero-order chi connectivity index (χ0) is 12.8. The van der Waals surface area contributed by atoms with Gasteiger partial charge in [0.25, 0.3) is 0 Å². The van der Waals surface area contributed by atoms with Gasteiger partial charge in [0, 0.05) is 10.0 Å². The van der Waals surface area contributed by atoms with Crippen LogP contribution in [0.2, 0.25) is 0 Å². The van der Waals surface area contributed by atoms with Crippen molar-refractivity contribution in [2.45, 2.75) is 50.1 Å². The van der Waals surface area contributed by atoms with E-state index in [-0.39, 0.29) is 9.89 Å². The van der Waals surface area contributed by atoms with Crippen molar-refractivity contribution in [3.05, 3.63) is 11.6 Å². The molecule has 2 nitrogen and oxygen atoms in total. The van der Waals surface area contributed by atoms with Gasteiger partial charge in [-0.3, -0.25) is 0 Å². The number of rotatable bonds is 6. The van der Waals surface area contributed by atoms with E-state index in [1.807, 2.05) is 6.92 Å². The quantitative estimate of drug-likeness (QED) is 0.317. The molecule has 16 heavy (non-hydrogen) atoms. The summed E-state index contributed by atoms with van der Waals surface area (Å²) in [7, 11) is 0. The van der Waals surface area contributed by atoms with Gasteiger partial charge in [0.1, 0.15) is 5.67 Å². The molecule has 0 saturated carbocycles. The summed E-state index contributed by atoms with van der Waals surface area (Å²) in [5.41, 5.74) is -0.241. The van der Waals surface area contributed by atoms with Crippen molar-refractivity contribution < 1.29 is 13.9 Å². The van der Waals surface area contributed by atoms with Crippen LogP contribution in [0, 0.1) is 0 Å². The number of allylic oxidation sites excluding steroid dienone is 1. The summed E-state index contributed by atoms with van der Waals surface area (Å²) in [5, 5.41) is 0. The molecule has 0 saturated heterocycles. The van der Waals surface area contributed by atoms with Crippen molar-refractivity contribution in [3.63, 3.8) is 0 Å². The van der Waals surface area contributed by atoms with Crippen LogP contribution < -0.4 is 0 Å². The number of alkyl halides is 2. The molecule has 0 aliphatic carbocycles. The second-order valence-electron chi connectivity index (χ2n) is 4.31. The highest BCUT2D eigenvalue weighted by molar-refractivity contribution is 14.1. The minimum Gasteiger partial charge on any atom is -0.463 e. The number of ether oxygens (including phenoxy) is 1. The zero-order valence-corrected chi connectivity index (χ0v) is 12.5. The standard InChI is InChI=1S/C12H20FIO2/c1-5-16-11(15)8-9(2)6-7-10(14)12(3,4)13/h8,10H,5-7H2,1-4H3/b9-8+. The van der Waals surface area contributed by atoms with Gasteiger partial charge in [0.2, 0.25) is 0 Å². The lowest BCUT2D eigenvalue weighted by Crippen LogP contribution is -2.25. The fourth-order valence-corrected chi connectivity index (χ4v) is 1.47. The Morgan fingerprint density at radius 2 is 2.12 bits per heavy atom. The van der Waals surface area contributed by atoms with Crippen LogP contribution in [0.1, 0.15) is 40.5 Å². The molecule has 0 aromatic heterocycles. The first-order valence-electron chi connectivity index (χ1n) is 5.44. The minimum atomic E-state index is -1.18. The molecule has 0 aromatic rings. The Morgan fingerprint density at radius 1 is 1.56 bits per heavy atom. The van der Waals surface area contributed by atoms with Crippen molar-refractivity contribution in [2.24, 2.45) is 0 Å². The molecule has 1 atom stereocenters. The van der Waals surface area contributed by atoms with Crippen LogP contribution in [0.15, 0.2) is 11.6 Å². The van der Waals surface area contributed by atoms with Gasteiger partial charge in [-0.25, -0.2) is 9.18 Å². The summed E-state index contributed by atoms with van der Waals surface area (Å²) >= 11 is 2.11. The molecule has 0 bridgehead atoms. The fourth-order valence-electron chi connectivity index (χ4n) is 1.15. The van der Waals surface area contributed by atoms with Crippen LogP contribution >= 0.6 is 22.6 Å². The molecule has 4 heteroatoms. The highest BCUT2D eigenvalue weighted by Gasteiger charge is 2.25. The Kier molecular flexibility index (Phi) is 7.19. The van der Waals surface area contributed by atoms with Gasteiger partial charge in [-0.05, 0) is 40.5 Å². The third-order valence-corrected chi connectivity index (χ3v) is 4.29. The topological polar surface area (TPSA) is 26.3 Å². The summed E-state index contributed by atoms with van der Waals surface area (Å²) < 4.78 is 18.2.